The summed E-state index contributed by atoms with van der Waals surface area (Å²) in [6.07, 6.45) is 0.742. The summed E-state index contributed by atoms with van der Waals surface area (Å²) >= 11 is 0. The SMILES string of the molecule is CCC(N)=NC(C)c1ccc(F)cc1. The van der Waals surface area contributed by atoms with Gasteiger partial charge in [-0.1, -0.05) is 19.1 Å². The van der Waals surface area contributed by atoms with Gasteiger partial charge in [0.05, 0.1) is 11.9 Å². The highest BCUT2D eigenvalue weighted by atomic mass is 19.1. The molecule has 0 heterocycles. The normalized spacial score (nSPS) is 14.1. The van der Waals surface area contributed by atoms with Crippen LogP contribution in [-0.2, 0) is 0 Å². The monoisotopic (exact) mass is 194 g/mol. The number of hydrogen-bond acceptors (Lipinski definition) is 1. The van der Waals surface area contributed by atoms with Crippen LogP contribution in [0.25, 0.3) is 0 Å². The zero-order chi connectivity index (χ0) is 10.6. The highest BCUT2D eigenvalue weighted by Gasteiger charge is 2.03. The second kappa shape index (κ2) is 4.74. The van der Waals surface area contributed by atoms with E-state index in [0.717, 1.165) is 12.0 Å². The van der Waals surface area contributed by atoms with Gasteiger partial charge in [-0.15, -0.1) is 0 Å². The van der Waals surface area contributed by atoms with Crippen LogP contribution in [0.4, 0.5) is 4.39 Å². The fourth-order valence-corrected chi connectivity index (χ4v) is 1.16. The molecular formula is C11H15FN2. The lowest BCUT2D eigenvalue weighted by Gasteiger charge is -2.07. The first-order valence-corrected chi connectivity index (χ1v) is 4.71. The number of nitrogens with two attached hydrogens (primary N) is 1. The Balaban J connectivity index is 2.79. The highest BCUT2D eigenvalue weighted by Crippen LogP contribution is 2.16. The molecule has 2 nitrogen and oxygen atoms in total. The standard InChI is InChI=1S/C11H15FN2/c1-3-11(13)14-8(2)9-4-6-10(12)7-5-9/h4-8H,3H2,1-2H3,(H2,13,14). The van der Waals surface area contributed by atoms with Gasteiger partial charge in [-0.2, -0.15) is 0 Å². The fraction of sp³-hybridized carbons (Fsp3) is 0.364. The molecule has 0 aliphatic heterocycles. The summed E-state index contributed by atoms with van der Waals surface area (Å²) in [5.74, 6) is 0.398. The number of amidine groups is 1. The molecule has 1 aromatic carbocycles. The van der Waals surface area contributed by atoms with Gasteiger partial charge >= 0.3 is 0 Å². The van der Waals surface area contributed by atoms with Gasteiger partial charge in [-0.25, -0.2) is 4.39 Å². The van der Waals surface area contributed by atoms with Crippen LogP contribution in [0.1, 0.15) is 31.9 Å². The van der Waals surface area contributed by atoms with E-state index < -0.39 is 0 Å². The van der Waals surface area contributed by atoms with Crippen molar-refractivity contribution in [3.8, 4) is 0 Å². The Morgan fingerprint density at radius 1 is 1.43 bits per heavy atom. The molecule has 1 rings (SSSR count). The summed E-state index contributed by atoms with van der Waals surface area (Å²) in [6.45, 7) is 3.89. The van der Waals surface area contributed by atoms with E-state index in [4.69, 9.17) is 5.73 Å². The van der Waals surface area contributed by atoms with Gasteiger partial charge in [-0.05, 0) is 24.6 Å². The van der Waals surface area contributed by atoms with Gasteiger partial charge in [-0.3, -0.25) is 4.99 Å². The maximum Gasteiger partial charge on any atom is 0.123 e. The number of halogens is 1. The van der Waals surface area contributed by atoms with E-state index in [1.807, 2.05) is 13.8 Å². The zero-order valence-electron chi connectivity index (χ0n) is 8.50. The molecule has 0 bridgehead atoms. The lowest BCUT2D eigenvalue weighted by Crippen LogP contribution is -2.11. The fourth-order valence-electron chi connectivity index (χ4n) is 1.16. The van der Waals surface area contributed by atoms with Gasteiger partial charge in [0, 0.05) is 6.42 Å². The molecule has 0 saturated carbocycles. The first-order chi connectivity index (χ1) is 6.63. The predicted octanol–water partition coefficient (Wildman–Crippen LogP) is 2.65. The number of hydrogen-bond donors (Lipinski definition) is 1. The Kier molecular flexibility index (Phi) is 3.63. The van der Waals surface area contributed by atoms with E-state index in [-0.39, 0.29) is 11.9 Å². The third kappa shape index (κ3) is 2.83. The lowest BCUT2D eigenvalue weighted by atomic mass is 10.1. The molecule has 3 heteroatoms. The average molecular weight is 194 g/mol. The van der Waals surface area contributed by atoms with E-state index in [0.29, 0.717) is 5.84 Å². The van der Waals surface area contributed by atoms with E-state index in [1.165, 1.54) is 12.1 Å². The van der Waals surface area contributed by atoms with Crippen molar-refractivity contribution in [2.75, 3.05) is 0 Å². The minimum absolute atomic E-state index is 0.00412. The quantitative estimate of drug-likeness (QED) is 0.583. The first kappa shape index (κ1) is 10.7. The van der Waals surface area contributed by atoms with E-state index in [9.17, 15) is 4.39 Å². The van der Waals surface area contributed by atoms with Crippen LogP contribution in [0.2, 0.25) is 0 Å². The maximum absolute atomic E-state index is 12.6. The maximum atomic E-state index is 12.6. The van der Waals surface area contributed by atoms with Crippen molar-refractivity contribution in [1.82, 2.24) is 0 Å². The summed E-state index contributed by atoms with van der Waals surface area (Å²) in [5, 5.41) is 0. The number of aliphatic imine (C=N–C) groups is 1. The topological polar surface area (TPSA) is 38.4 Å². The summed E-state index contributed by atoms with van der Waals surface area (Å²) < 4.78 is 12.6. The van der Waals surface area contributed by atoms with Crippen LogP contribution in [0, 0.1) is 5.82 Å². The smallest absolute Gasteiger partial charge is 0.123 e. The zero-order valence-corrected chi connectivity index (χ0v) is 8.50. The molecule has 0 aliphatic carbocycles. The molecule has 76 valence electrons. The second-order valence-corrected chi connectivity index (χ2v) is 3.20. The van der Waals surface area contributed by atoms with Gasteiger partial charge in [0.15, 0.2) is 0 Å². The summed E-state index contributed by atoms with van der Waals surface area (Å²) in [6, 6.07) is 6.32. The van der Waals surface area contributed by atoms with Gasteiger partial charge in [0.1, 0.15) is 5.82 Å². The van der Waals surface area contributed by atoms with Crippen molar-refractivity contribution in [2.45, 2.75) is 26.3 Å². The number of benzene rings is 1. The number of rotatable bonds is 3. The molecule has 0 aromatic heterocycles. The first-order valence-electron chi connectivity index (χ1n) is 4.71. The molecule has 0 fully saturated rings. The van der Waals surface area contributed by atoms with Crippen LogP contribution in [0.5, 0.6) is 0 Å². The average Bonchev–Trinajstić information content (AvgIpc) is 2.18. The predicted molar refractivity (Wildman–Crippen MR) is 56.7 cm³/mol. The Labute approximate surface area is 83.7 Å². The third-order valence-electron chi connectivity index (χ3n) is 2.07. The minimum Gasteiger partial charge on any atom is -0.387 e. The molecule has 1 unspecified atom stereocenters. The van der Waals surface area contributed by atoms with Crippen molar-refractivity contribution >= 4 is 5.84 Å². The van der Waals surface area contributed by atoms with Crippen LogP contribution >= 0.6 is 0 Å². The third-order valence-corrected chi connectivity index (χ3v) is 2.07. The molecule has 0 aliphatic rings. The molecular weight excluding hydrogens is 179 g/mol. The van der Waals surface area contributed by atoms with Crippen LogP contribution in [-0.4, -0.2) is 5.84 Å². The minimum atomic E-state index is -0.228. The molecule has 0 saturated heterocycles. The molecule has 2 N–H and O–H groups in total. The van der Waals surface area contributed by atoms with Crippen molar-refractivity contribution in [2.24, 2.45) is 10.7 Å². The van der Waals surface area contributed by atoms with Crippen molar-refractivity contribution in [3.63, 3.8) is 0 Å². The largest absolute Gasteiger partial charge is 0.387 e. The van der Waals surface area contributed by atoms with Crippen LogP contribution in [0.3, 0.4) is 0 Å². The Hall–Kier alpha value is -1.38. The van der Waals surface area contributed by atoms with Gasteiger partial charge < -0.3 is 5.73 Å². The van der Waals surface area contributed by atoms with E-state index in [1.54, 1.807) is 12.1 Å². The van der Waals surface area contributed by atoms with E-state index >= 15 is 0 Å². The summed E-state index contributed by atoms with van der Waals surface area (Å²) in [5.41, 5.74) is 6.59. The van der Waals surface area contributed by atoms with Gasteiger partial charge in [0.2, 0.25) is 0 Å². The lowest BCUT2D eigenvalue weighted by molar-refractivity contribution is 0.626. The Morgan fingerprint density at radius 3 is 2.50 bits per heavy atom. The van der Waals surface area contributed by atoms with Crippen molar-refractivity contribution in [1.29, 1.82) is 0 Å². The van der Waals surface area contributed by atoms with E-state index in [2.05, 4.69) is 4.99 Å². The van der Waals surface area contributed by atoms with Crippen LogP contribution < -0.4 is 5.73 Å². The molecule has 0 amide bonds. The molecule has 0 spiro atoms. The summed E-state index contributed by atoms with van der Waals surface area (Å²) in [7, 11) is 0. The molecule has 1 atom stereocenters. The molecule has 14 heavy (non-hydrogen) atoms. The van der Waals surface area contributed by atoms with Crippen molar-refractivity contribution < 1.29 is 4.39 Å². The highest BCUT2D eigenvalue weighted by molar-refractivity contribution is 5.80. The van der Waals surface area contributed by atoms with Gasteiger partial charge in [0.25, 0.3) is 0 Å². The second-order valence-electron chi connectivity index (χ2n) is 3.20. The summed E-state index contributed by atoms with van der Waals surface area (Å²) in [4.78, 5) is 4.27. The Bertz CT molecular complexity index is 317. The number of nitrogens with zero attached hydrogens (tertiary/aromatic N) is 1. The van der Waals surface area contributed by atoms with Crippen molar-refractivity contribution in [3.05, 3.63) is 35.6 Å². The van der Waals surface area contributed by atoms with Crippen LogP contribution in [0.15, 0.2) is 29.3 Å². The molecule has 0 radical (unpaired) electrons. The Morgan fingerprint density at radius 2 is 2.00 bits per heavy atom. The molecule has 1 aromatic rings.